The van der Waals surface area contributed by atoms with E-state index in [4.69, 9.17) is 0 Å². The number of nitrogens with zero attached hydrogens (tertiary/aromatic N) is 1. The Hall–Kier alpha value is -0.740. The fraction of sp³-hybridized carbons (Fsp3) is 0.500. The van der Waals surface area contributed by atoms with Crippen molar-refractivity contribution in [3.05, 3.63) is 24.5 Å². The second kappa shape index (κ2) is 5.22. The molecule has 1 unspecified atom stereocenters. The highest BCUT2D eigenvalue weighted by atomic mass is 32.2. The van der Waals surface area contributed by atoms with Gasteiger partial charge in [0.05, 0.1) is 5.60 Å². The maximum absolute atomic E-state index is 9.88. The molecule has 0 aliphatic carbocycles. The van der Waals surface area contributed by atoms with Gasteiger partial charge in [0.25, 0.3) is 0 Å². The number of rotatable bonds is 5. The van der Waals surface area contributed by atoms with E-state index in [-0.39, 0.29) is 0 Å². The van der Waals surface area contributed by atoms with E-state index in [9.17, 15) is 5.11 Å². The molecule has 3 nitrogen and oxygen atoms in total. The highest BCUT2D eigenvalue weighted by molar-refractivity contribution is 7.98. The molecule has 1 aromatic rings. The summed E-state index contributed by atoms with van der Waals surface area (Å²) in [6.07, 6.45) is 5.44. The molecule has 2 N–H and O–H groups in total. The topological polar surface area (TPSA) is 45.1 Å². The zero-order chi connectivity index (χ0) is 10.4. The van der Waals surface area contributed by atoms with Crippen LogP contribution in [0.5, 0.6) is 0 Å². The number of hydrogen-bond donors (Lipinski definition) is 2. The summed E-state index contributed by atoms with van der Waals surface area (Å²) >= 11 is 1.64. The van der Waals surface area contributed by atoms with Crippen LogP contribution in [-0.2, 0) is 0 Å². The Kier molecular flexibility index (Phi) is 4.22. The van der Waals surface area contributed by atoms with Crippen LogP contribution in [0.3, 0.4) is 0 Å². The van der Waals surface area contributed by atoms with Gasteiger partial charge in [0, 0.05) is 30.4 Å². The molecule has 0 spiro atoms. The van der Waals surface area contributed by atoms with Crippen molar-refractivity contribution in [2.75, 3.05) is 23.9 Å². The standard InChI is InChI=1S/C10H16N2OS/c1-10(13,8-14-2)7-12-9-3-5-11-6-4-9/h3-6,13H,7-8H2,1-2H3,(H,11,12). The van der Waals surface area contributed by atoms with Gasteiger partial charge in [-0.1, -0.05) is 0 Å². The number of anilines is 1. The summed E-state index contributed by atoms with van der Waals surface area (Å²) in [6, 6.07) is 3.77. The summed E-state index contributed by atoms with van der Waals surface area (Å²) in [6.45, 7) is 2.38. The molecule has 0 amide bonds. The normalized spacial score (nSPS) is 14.8. The quantitative estimate of drug-likeness (QED) is 0.778. The Morgan fingerprint density at radius 1 is 1.50 bits per heavy atom. The first-order valence-corrected chi connectivity index (χ1v) is 5.89. The van der Waals surface area contributed by atoms with Crippen molar-refractivity contribution in [1.29, 1.82) is 0 Å². The zero-order valence-electron chi connectivity index (χ0n) is 8.53. The van der Waals surface area contributed by atoms with E-state index < -0.39 is 5.60 Å². The second-order valence-electron chi connectivity index (χ2n) is 3.52. The smallest absolute Gasteiger partial charge is 0.0880 e. The van der Waals surface area contributed by atoms with Crippen molar-refractivity contribution in [1.82, 2.24) is 4.98 Å². The van der Waals surface area contributed by atoms with E-state index in [1.165, 1.54) is 0 Å². The molecule has 0 bridgehead atoms. The Morgan fingerprint density at radius 3 is 2.71 bits per heavy atom. The summed E-state index contributed by atoms with van der Waals surface area (Å²) in [4.78, 5) is 3.92. The number of thioether (sulfide) groups is 1. The molecular weight excluding hydrogens is 196 g/mol. The summed E-state index contributed by atoms with van der Waals surface area (Å²) in [5, 5.41) is 13.0. The van der Waals surface area contributed by atoms with Crippen molar-refractivity contribution in [3.8, 4) is 0 Å². The Morgan fingerprint density at radius 2 is 2.14 bits per heavy atom. The molecule has 0 fully saturated rings. The van der Waals surface area contributed by atoms with Crippen LogP contribution in [-0.4, -0.2) is 34.2 Å². The van der Waals surface area contributed by atoms with Crippen molar-refractivity contribution in [2.24, 2.45) is 0 Å². The molecule has 0 aliphatic heterocycles. The minimum Gasteiger partial charge on any atom is -0.387 e. The summed E-state index contributed by atoms with van der Waals surface area (Å²) in [5.74, 6) is 0.727. The molecule has 0 aromatic carbocycles. The van der Waals surface area contributed by atoms with Crippen LogP contribution in [0.1, 0.15) is 6.92 Å². The molecule has 14 heavy (non-hydrogen) atoms. The van der Waals surface area contributed by atoms with Gasteiger partial charge < -0.3 is 10.4 Å². The molecular formula is C10H16N2OS. The summed E-state index contributed by atoms with van der Waals surface area (Å²) < 4.78 is 0. The molecule has 0 radical (unpaired) electrons. The first kappa shape index (κ1) is 11.3. The van der Waals surface area contributed by atoms with E-state index in [0.717, 1.165) is 11.4 Å². The van der Waals surface area contributed by atoms with Gasteiger partial charge >= 0.3 is 0 Å². The molecule has 0 saturated heterocycles. The van der Waals surface area contributed by atoms with Gasteiger partial charge in [-0.25, -0.2) is 0 Å². The van der Waals surface area contributed by atoms with E-state index in [1.54, 1.807) is 24.2 Å². The van der Waals surface area contributed by atoms with Gasteiger partial charge in [-0.3, -0.25) is 4.98 Å². The van der Waals surface area contributed by atoms with Crippen LogP contribution in [0.2, 0.25) is 0 Å². The van der Waals surface area contributed by atoms with Gasteiger partial charge in [-0.15, -0.1) is 0 Å². The lowest BCUT2D eigenvalue weighted by Crippen LogP contribution is -2.36. The lowest BCUT2D eigenvalue weighted by molar-refractivity contribution is 0.0997. The third-order valence-electron chi connectivity index (χ3n) is 1.81. The van der Waals surface area contributed by atoms with Crippen LogP contribution >= 0.6 is 11.8 Å². The molecule has 0 aliphatic rings. The van der Waals surface area contributed by atoms with E-state index >= 15 is 0 Å². The SMILES string of the molecule is CSCC(C)(O)CNc1ccncc1. The van der Waals surface area contributed by atoms with Crippen LogP contribution < -0.4 is 5.32 Å². The average Bonchev–Trinajstić information content (AvgIpc) is 2.17. The average molecular weight is 212 g/mol. The van der Waals surface area contributed by atoms with Gasteiger partial charge in [0.15, 0.2) is 0 Å². The highest BCUT2D eigenvalue weighted by Crippen LogP contribution is 2.12. The molecule has 78 valence electrons. The Bertz CT molecular complexity index is 264. The number of nitrogens with one attached hydrogen (secondary N) is 1. The van der Waals surface area contributed by atoms with Crippen molar-refractivity contribution in [2.45, 2.75) is 12.5 Å². The van der Waals surface area contributed by atoms with Crippen LogP contribution in [0.25, 0.3) is 0 Å². The zero-order valence-corrected chi connectivity index (χ0v) is 9.34. The highest BCUT2D eigenvalue weighted by Gasteiger charge is 2.18. The van der Waals surface area contributed by atoms with Gasteiger partial charge in [-0.05, 0) is 25.3 Å². The fourth-order valence-electron chi connectivity index (χ4n) is 1.12. The maximum atomic E-state index is 9.88. The third kappa shape index (κ3) is 3.98. The molecule has 1 heterocycles. The van der Waals surface area contributed by atoms with Crippen LogP contribution in [0, 0.1) is 0 Å². The van der Waals surface area contributed by atoms with Crippen LogP contribution in [0.4, 0.5) is 5.69 Å². The van der Waals surface area contributed by atoms with E-state index in [2.05, 4.69) is 10.3 Å². The van der Waals surface area contributed by atoms with Gasteiger partial charge in [0.1, 0.15) is 0 Å². The number of pyridine rings is 1. The monoisotopic (exact) mass is 212 g/mol. The molecule has 1 atom stereocenters. The largest absolute Gasteiger partial charge is 0.387 e. The third-order valence-corrected chi connectivity index (χ3v) is 2.72. The lowest BCUT2D eigenvalue weighted by atomic mass is 10.1. The van der Waals surface area contributed by atoms with E-state index in [1.807, 2.05) is 25.3 Å². The van der Waals surface area contributed by atoms with E-state index in [0.29, 0.717) is 6.54 Å². The lowest BCUT2D eigenvalue weighted by Gasteiger charge is -2.23. The Labute approximate surface area is 88.9 Å². The molecule has 1 aromatic heterocycles. The van der Waals surface area contributed by atoms with Crippen molar-refractivity contribution >= 4 is 17.4 Å². The first-order chi connectivity index (χ1) is 6.64. The number of aliphatic hydroxyl groups is 1. The minimum atomic E-state index is -0.664. The van der Waals surface area contributed by atoms with Gasteiger partial charge in [-0.2, -0.15) is 11.8 Å². The molecule has 4 heteroatoms. The summed E-state index contributed by atoms with van der Waals surface area (Å²) in [5.41, 5.74) is 0.323. The Balaban J connectivity index is 2.40. The predicted molar refractivity (Wildman–Crippen MR) is 61.7 cm³/mol. The molecule has 1 rings (SSSR count). The second-order valence-corrected chi connectivity index (χ2v) is 4.39. The first-order valence-electron chi connectivity index (χ1n) is 4.49. The van der Waals surface area contributed by atoms with Crippen LogP contribution in [0.15, 0.2) is 24.5 Å². The summed E-state index contributed by atoms with van der Waals surface area (Å²) in [7, 11) is 0. The molecule has 0 saturated carbocycles. The maximum Gasteiger partial charge on any atom is 0.0880 e. The van der Waals surface area contributed by atoms with Crippen molar-refractivity contribution in [3.63, 3.8) is 0 Å². The predicted octanol–water partition coefficient (Wildman–Crippen LogP) is 1.61. The number of aromatic nitrogens is 1. The minimum absolute atomic E-state index is 0.553. The van der Waals surface area contributed by atoms with Gasteiger partial charge in [0.2, 0.25) is 0 Å². The van der Waals surface area contributed by atoms with Crippen molar-refractivity contribution < 1.29 is 5.11 Å². The number of hydrogen-bond acceptors (Lipinski definition) is 4. The fourth-order valence-corrected chi connectivity index (χ4v) is 1.85.